The minimum absolute atomic E-state index is 0.541. The standard InChI is InChI=1S/C6H6O6S/c7-3-1-4(8)6(9)5(2-3)13(10,11)12/h2,6,9H,1H2,(H,10,11,12). The van der Waals surface area contributed by atoms with Crippen LogP contribution in [0.4, 0.5) is 0 Å². The summed E-state index contributed by atoms with van der Waals surface area (Å²) < 4.78 is 29.5. The van der Waals surface area contributed by atoms with Crippen molar-refractivity contribution in [2.24, 2.45) is 0 Å². The highest BCUT2D eigenvalue weighted by molar-refractivity contribution is 7.90. The molecule has 1 aliphatic carbocycles. The second kappa shape index (κ2) is 3.02. The predicted octanol–water partition coefficient (Wildman–Crippen LogP) is -1.34. The number of aliphatic hydroxyl groups excluding tert-OH is 1. The third-order valence-corrected chi connectivity index (χ3v) is 2.46. The molecule has 13 heavy (non-hydrogen) atoms. The molecule has 0 saturated heterocycles. The van der Waals surface area contributed by atoms with E-state index < -0.39 is 39.1 Å². The van der Waals surface area contributed by atoms with E-state index >= 15 is 0 Å². The monoisotopic (exact) mass is 206 g/mol. The molecule has 0 spiro atoms. The van der Waals surface area contributed by atoms with E-state index in [1.54, 1.807) is 0 Å². The van der Waals surface area contributed by atoms with E-state index in [0.29, 0.717) is 6.08 Å². The zero-order valence-corrected chi connectivity index (χ0v) is 7.11. The molecule has 1 atom stereocenters. The summed E-state index contributed by atoms with van der Waals surface area (Å²) >= 11 is 0. The summed E-state index contributed by atoms with van der Waals surface area (Å²) in [5, 5.41) is 8.98. The van der Waals surface area contributed by atoms with Gasteiger partial charge in [0.05, 0.1) is 6.42 Å². The van der Waals surface area contributed by atoms with Crippen molar-refractivity contribution in [3.63, 3.8) is 0 Å². The lowest BCUT2D eigenvalue weighted by Gasteiger charge is -2.14. The molecule has 0 fully saturated rings. The first-order valence-electron chi connectivity index (χ1n) is 3.25. The number of carbonyl (C=O) groups excluding carboxylic acids is 2. The highest BCUT2D eigenvalue weighted by atomic mass is 32.2. The Hall–Kier alpha value is -1.05. The van der Waals surface area contributed by atoms with Crippen LogP contribution in [0.25, 0.3) is 0 Å². The van der Waals surface area contributed by atoms with Gasteiger partial charge < -0.3 is 5.11 Å². The van der Waals surface area contributed by atoms with E-state index in [9.17, 15) is 18.0 Å². The Morgan fingerprint density at radius 2 is 1.92 bits per heavy atom. The Kier molecular flexibility index (Phi) is 2.33. The molecular formula is C6H6O6S. The SMILES string of the molecule is O=C1C=C(S(=O)(=O)O)C(O)C(=O)C1. The molecule has 0 amide bonds. The smallest absolute Gasteiger partial charge is 0.293 e. The molecule has 0 aromatic rings. The fourth-order valence-electron chi connectivity index (χ4n) is 0.931. The van der Waals surface area contributed by atoms with Crippen molar-refractivity contribution in [1.29, 1.82) is 0 Å². The van der Waals surface area contributed by atoms with Crippen molar-refractivity contribution in [2.75, 3.05) is 0 Å². The Balaban J connectivity index is 3.23. The number of ketones is 2. The van der Waals surface area contributed by atoms with Crippen LogP contribution in [0.2, 0.25) is 0 Å². The minimum Gasteiger partial charge on any atom is -0.380 e. The van der Waals surface area contributed by atoms with Gasteiger partial charge in [-0.3, -0.25) is 14.1 Å². The van der Waals surface area contributed by atoms with Crippen LogP contribution < -0.4 is 0 Å². The summed E-state index contributed by atoms with van der Waals surface area (Å²) in [6.07, 6.45) is -1.91. The molecule has 0 radical (unpaired) electrons. The molecule has 0 heterocycles. The number of rotatable bonds is 1. The van der Waals surface area contributed by atoms with E-state index in [2.05, 4.69) is 0 Å². The largest absolute Gasteiger partial charge is 0.380 e. The van der Waals surface area contributed by atoms with Crippen molar-refractivity contribution in [3.05, 3.63) is 11.0 Å². The molecule has 1 rings (SSSR count). The van der Waals surface area contributed by atoms with E-state index in [1.165, 1.54) is 0 Å². The van der Waals surface area contributed by atoms with Crippen molar-refractivity contribution in [2.45, 2.75) is 12.5 Å². The maximum atomic E-state index is 10.8. The predicted molar refractivity (Wildman–Crippen MR) is 40.3 cm³/mol. The summed E-state index contributed by atoms with van der Waals surface area (Å²) in [5.41, 5.74) is 0. The first kappa shape index (κ1) is 10.0. The van der Waals surface area contributed by atoms with Crippen LogP contribution in [0, 0.1) is 0 Å². The highest BCUT2D eigenvalue weighted by Gasteiger charge is 2.34. The molecule has 0 aromatic heterocycles. The molecule has 0 aliphatic heterocycles. The fraction of sp³-hybridized carbons (Fsp3) is 0.333. The summed E-state index contributed by atoms with van der Waals surface area (Å²) in [5.74, 6) is -1.68. The topological polar surface area (TPSA) is 109 Å². The number of Topliss-reactive ketones (excluding diaryl/α,β-unsaturated/α-hetero) is 1. The average molecular weight is 206 g/mol. The molecule has 1 aliphatic rings. The van der Waals surface area contributed by atoms with Crippen LogP contribution in [0.3, 0.4) is 0 Å². The maximum Gasteiger partial charge on any atom is 0.293 e. The van der Waals surface area contributed by atoms with Gasteiger partial charge in [0.25, 0.3) is 10.1 Å². The minimum atomic E-state index is -4.67. The Morgan fingerprint density at radius 3 is 2.38 bits per heavy atom. The Labute approximate surface area is 73.6 Å². The van der Waals surface area contributed by atoms with Crippen molar-refractivity contribution in [3.8, 4) is 0 Å². The molecule has 0 saturated carbocycles. The van der Waals surface area contributed by atoms with Gasteiger partial charge in [0, 0.05) is 6.08 Å². The summed E-state index contributed by atoms with van der Waals surface area (Å²) in [6.45, 7) is 0. The summed E-state index contributed by atoms with van der Waals surface area (Å²) in [7, 11) is -4.67. The van der Waals surface area contributed by atoms with E-state index in [-0.39, 0.29) is 0 Å². The van der Waals surface area contributed by atoms with Gasteiger partial charge in [-0.1, -0.05) is 0 Å². The zero-order valence-electron chi connectivity index (χ0n) is 6.30. The summed E-state index contributed by atoms with van der Waals surface area (Å²) in [6, 6.07) is 0. The van der Waals surface area contributed by atoms with Gasteiger partial charge in [0.1, 0.15) is 4.91 Å². The number of hydrogen-bond acceptors (Lipinski definition) is 5. The molecule has 0 aromatic carbocycles. The van der Waals surface area contributed by atoms with Crippen LogP contribution in [0.15, 0.2) is 11.0 Å². The Morgan fingerprint density at radius 1 is 1.38 bits per heavy atom. The van der Waals surface area contributed by atoms with Crippen LogP contribution in [-0.2, 0) is 19.7 Å². The van der Waals surface area contributed by atoms with Gasteiger partial charge in [0.15, 0.2) is 17.7 Å². The second-order valence-electron chi connectivity index (χ2n) is 2.53. The molecular weight excluding hydrogens is 200 g/mol. The van der Waals surface area contributed by atoms with Gasteiger partial charge in [-0.2, -0.15) is 8.42 Å². The van der Waals surface area contributed by atoms with Gasteiger partial charge in [-0.05, 0) is 0 Å². The first-order chi connectivity index (χ1) is 5.82. The number of carbonyl (C=O) groups is 2. The van der Waals surface area contributed by atoms with Gasteiger partial charge in [0.2, 0.25) is 0 Å². The van der Waals surface area contributed by atoms with Crippen LogP contribution in [0.1, 0.15) is 6.42 Å². The van der Waals surface area contributed by atoms with Gasteiger partial charge in [-0.15, -0.1) is 0 Å². The molecule has 7 heteroatoms. The van der Waals surface area contributed by atoms with Crippen LogP contribution >= 0.6 is 0 Å². The van der Waals surface area contributed by atoms with Gasteiger partial charge in [-0.25, -0.2) is 0 Å². The second-order valence-corrected chi connectivity index (χ2v) is 3.96. The third kappa shape index (κ3) is 2.00. The van der Waals surface area contributed by atoms with Crippen LogP contribution in [-0.4, -0.2) is 35.7 Å². The zero-order chi connectivity index (χ0) is 10.2. The maximum absolute atomic E-state index is 10.8. The van der Waals surface area contributed by atoms with E-state index in [4.69, 9.17) is 9.66 Å². The van der Waals surface area contributed by atoms with Crippen molar-refractivity contribution < 1.29 is 27.7 Å². The highest BCUT2D eigenvalue weighted by Crippen LogP contribution is 2.17. The summed E-state index contributed by atoms with van der Waals surface area (Å²) in [4.78, 5) is 20.5. The van der Waals surface area contributed by atoms with Crippen molar-refractivity contribution >= 4 is 21.7 Å². The normalized spacial score (nSPS) is 24.5. The number of aliphatic hydroxyl groups is 1. The lowest BCUT2D eigenvalue weighted by molar-refractivity contribution is -0.130. The Bertz CT molecular complexity index is 389. The van der Waals surface area contributed by atoms with E-state index in [0.717, 1.165) is 0 Å². The lowest BCUT2D eigenvalue weighted by Crippen LogP contribution is -2.32. The third-order valence-electron chi connectivity index (χ3n) is 1.52. The number of hydrogen-bond donors (Lipinski definition) is 2. The molecule has 72 valence electrons. The molecule has 0 bridgehead atoms. The van der Waals surface area contributed by atoms with Gasteiger partial charge >= 0.3 is 0 Å². The number of allylic oxidation sites excluding steroid dienone is 1. The van der Waals surface area contributed by atoms with Crippen LogP contribution in [0.5, 0.6) is 0 Å². The molecule has 2 N–H and O–H groups in total. The fourth-order valence-corrected chi connectivity index (χ4v) is 1.63. The quantitative estimate of drug-likeness (QED) is 0.406. The van der Waals surface area contributed by atoms with E-state index in [1.807, 2.05) is 0 Å². The lowest BCUT2D eigenvalue weighted by atomic mass is 10.0. The average Bonchev–Trinajstić information content (AvgIpc) is 1.94. The van der Waals surface area contributed by atoms with Crippen molar-refractivity contribution in [1.82, 2.24) is 0 Å². The molecule has 6 nitrogen and oxygen atoms in total. The molecule has 1 unspecified atom stereocenters. The first-order valence-corrected chi connectivity index (χ1v) is 4.69.